The van der Waals surface area contributed by atoms with Crippen molar-refractivity contribution in [3.05, 3.63) is 134 Å². The molecule has 0 heteroatoms. The van der Waals surface area contributed by atoms with Crippen molar-refractivity contribution in [1.82, 2.24) is 0 Å². The van der Waals surface area contributed by atoms with Crippen molar-refractivity contribution in [2.24, 2.45) is 0 Å². The van der Waals surface area contributed by atoms with E-state index in [-0.39, 0.29) is 0 Å². The summed E-state index contributed by atoms with van der Waals surface area (Å²) in [4.78, 5) is 0. The van der Waals surface area contributed by atoms with Crippen LogP contribution in [0.25, 0.3) is 0 Å². The van der Waals surface area contributed by atoms with Crippen LogP contribution >= 0.6 is 0 Å². The molecule has 0 fully saturated rings. The predicted octanol–water partition coefficient (Wildman–Crippen LogP) is 7.59. The molecule has 0 amide bonds. The van der Waals surface area contributed by atoms with Gasteiger partial charge < -0.3 is 0 Å². The molecule has 3 aromatic carbocycles. The Morgan fingerprint density at radius 2 is 0.520 bits per heavy atom. The molecule has 0 spiro atoms. The fraction of sp³-hybridized carbons (Fsp3) is 0.120. The van der Waals surface area contributed by atoms with Gasteiger partial charge in [0, 0.05) is 0 Å². The molecule has 0 bridgehead atoms. The first-order valence-corrected chi connectivity index (χ1v) is 8.23. The van der Waals surface area contributed by atoms with Gasteiger partial charge in [-0.05, 0) is 20.8 Å². The lowest BCUT2D eigenvalue weighted by atomic mass is 10.2. The van der Waals surface area contributed by atoms with Gasteiger partial charge in [-0.15, -0.1) is 26.3 Å². The van der Waals surface area contributed by atoms with Gasteiger partial charge in [0.2, 0.25) is 0 Å². The standard InChI is InChI=1S/3C7H8.2C2H4/c3*1-7-5-3-2-4-6-7;2*1-2/h3*2-6H,1H3;2*1-2H2. The first-order valence-electron chi connectivity index (χ1n) is 8.23. The number of hydrogen-bond acceptors (Lipinski definition) is 0. The van der Waals surface area contributed by atoms with Gasteiger partial charge in [-0.25, -0.2) is 0 Å². The monoisotopic (exact) mass is 332 g/mol. The Morgan fingerprint density at radius 1 is 0.360 bits per heavy atom. The summed E-state index contributed by atoms with van der Waals surface area (Å²) in [7, 11) is 0. The van der Waals surface area contributed by atoms with E-state index in [1.807, 2.05) is 54.6 Å². The Morgan fingerprint density at radius 3 is 0.600 bits per heavy atom. The van der Waals surface area contributed by atoms with Crippen LogP contribution in [-0.4, -0.2) is 0 Å². The van der Waals surface area contributed by atoms with E-state index in [1.54, 1.807) is 0 Å². The van der Waals surface area contributed by atoms with E-state index >= 15 is 0 Å². The Kier molecular flexibility index (Phi) is 18.7. The smallest absolute Gasteiger partial charge is 0.0398 e. The summed E-state index contributed by atoms with van der Waals surface area (Å²) >= 11 is 0. The van der Waals surface area contributed by atoms with Gasteiger partial charge in [0.15, 0.2) is 0 Å². The molecule has 3 aromatic rings. The highest BCUT2D eigenvalue weighted by Gasteiger charge is 1.73. The molecule has 0 aliphatic carbocycles. The van der Waals surface area contributed by atoms with E-state index < -0.39 is 0 Å². The van der Waals surface area contributed by atoms with Crippen LogP contribution in [0.15, 0.2) is 117 Å². The highest BCUT2D eigenvalue weighted by molar-refractivity contribution is 5.12. The summed E-state index contributed by atoms with van der Waals surface area (Å²) in [5.41, 5.74) is 3.97. The van der Waals surface area contributed by atoms with Gasteiger partial charge >= 0.3 is 0 Å². The zero-order valence-electron chi connectivity index (χ0n) is 16.0. The third-order valence-corrected chi connectivity index (χ3v) is 2.82. The fourth-order valence-electron chi connectivity index (χ4n) is 1.60. The first kappa shape index (κ1) is 24.4. The summed E-state index contributed by atoms with van der Waals surface area (Å²) in [5.74, 6) is 0. The second-order valence-corrected chi connectivity index (χ2v) is 4.96. The molecule has 0 saturated heterocycles. The highest BCUT2D eigenvalue weighted by Crippen LogP contribution is 1.93. The summed E-state index contributed by atoms with van der Waals surface area (Å²) in [6, 6.07) is 30.8. The van der Waals surface area contributed by atoms with Crippen LogP contribution in [0.3, 0.4) is 0 Å². The van der Waals surface area contributed by atoms with Crippen molar-refractivity contribution >= 4 is 0 Å². The highest BCUT2D eigenvalue weighted by atomic mass is 13.8. The van der Waals surface area contributed by atoms with Crippen molar-refractivity contribution in [1.29, 1.82) is 0 Å². The molecule has 0 N–H and O–H groups in total. The molecule has 0 heterocycles. The molecule has 3 rings (SSSR count). The molecule has 25 heavy (non-hydrogen) atoms. The maximum absolute atomic E-state index is 3.00. The maximum atomic E-state index is 3.00. The zero-order chi connectivity index (χ0) is 19.3. The summed E-state index contributed by atoms with van der Waals surface area (Å²) in [6.07, 6.45) is 0. The average Bonchev–Trinajstić information content (AvgIpc) is 2.68. The SMILES string of the molecule is C=C.C=C.Cc1ccccc1.Cc1ccccc1.Cc1ccccc1. The fourth-order valence-corrected chi connectivity index (χ4v) is 1.60. The molecule has 0 unspecified atom stereocenters. The lowest BCUT2D eigenvalue weighted by molar-refractivity contribution is 1.48. The lowest BCUT2D eigenvalue weighted by Gasteiger charge is -1.82. The van der Waals surface area contributed by atoms with Gasteiger partial charge in [-0.3, -0.25) is 0 Å². The van der Waals surface area contributed by atoms with Crippen molar-refractivity contribution in [2.45, 2.75) is 20.8 Å². The summed E-state index contributed by atoms with van der Waals surface area (Å²) < 4.78 is 0. The summed E-state index contributed by atoms with van der Waals surface area (Å²) in [5, 5.41) is 0. The molecule has 0 aliphatic heterocycles. The molecule has 0 atom stereocenters. The first-order chi connectivity index (χ1) is 12.2. The molecular formula is C25H32. The normalized spacial score (nSPS) is 7.64. The van der Waals surface area contributed by atoms with E-state index in [1.165, 1.54) is 16.7 Å². The quantitative estimate of drug-likeness (QED) is 0.372. The lowest BCUT2D eigenvalue weighted by Crippen LogP contribution is -1.62. The molecule has 132 valence electrons. The summed E-state index contributed by atoms with van der Waals surface area (Å²) in [6.45, 7) is 18.2. The molecular weight excluding hydrogens is 300 g/mol. The molecule has 0 aliphatic rings. The largest absolute Gasteiger partial charge is 0.106 e. The number of aryl methyl sites for hydroxylation is 3. The Labute approximate surface area is 155 Å². The minimum atomic E-state index is 1.32. The maximum Gasteiger partial charge on any atom is -0.0398 e. The van der Waals surface area contributed by atoms with Gasteiger partial charge in [0.05, 0.1) is 0 Å². The third-order valence-electron chi connectivity index (χ3n) is 2.82. The molecule has 0 nitrogen and oxygen atoms in total. The second-order valence-electron chi connectivity index (χ2n) is 4.96. The zero-order valence-corrected chi connectivity index (χ0v) is 16.0. The van der Waals surface area contributed by atoms with Crippen LogP contribution in [-0.2, 0) is 0 Å². The topological polar surface area (TPSA) is 0 Å². The molecule has 0 aromatic heterocycles. The van der Waals surface area contributed by atoms with Crippen LogP contribution < -0.4 is 0 Å². The third kappa shape index (κ3) is 17.3. The molecule has 0 saturated carbocycles. The van der Waals surface area contributed by atoms with Crippen LogP contribution in [0.5, 0.6) is 0 Å². The van der Waals surface area contributed by atoms with Gasteiger partial charge in [-0.1, -0.05) is 108 Å². The van der Waals surface area contributed by atoms with Crippen LogP contribution in [0.4, 0.5) is 0 Å². The Balaban J connectivity index is 0. The average molecular weight is 333 g/mol. The van der Waals surface area contributed by atoms with Gasteiger partial charge in [0.1, 0.15) is 0 Å². The second kappa shape index (κ2) is 19.2. The van der Waals surface area contributed by atoms with Crippen molar-refractivity contribution in [2.75, 3.05) is 0 Å². The van der Waals surface area contributed by atoms with E-state index in [0.717, 1.165) is 0 Å². The molecule has 0 radical (unpaired) electrons. The minimum Gasteiger partial charge on any atom is -0.106 e. The van der Waals surface area contributed by atoms with Crippen molar-refractivity contribution in [3.63, 3.8) is 0 Å². The van der Waals surface area contributed by atoms with Crippen molar-refractivity contribution in [3.8, 4) is 0 Å². The van der Waals surface area contributed by atoms with E-state index in [2.05, 4.69) is 83.5 Å². The minimum absolute atomic E-state index is 1.32. The van der Waals surface area contributed by atoms with Crippen LogP contribution in [0, 0.1) is 20.8 Å². The number of rotatable bonds is 0. The Hall–Kier alpha value is -2.86. The Bertz CT molecular complexity index is 506. The number of hydrogen-bond donors (Lipinski definition) is 0. The van der Waals surface area contributed by atoms with E-state index in [9.17, 15) is 0 Å². The van der Waals surface area contributed by atoms with Crippen molar-refractivity contribution < 1.29 is 0 Å². The van der Waals surface area contributed by atoms with Crippen LogP contribution in [0.1, 0.15) is 16.7 Å². The van der Waals surface area contributed by atoms with Crippen LogP contribution in [0.2, 0.25) is 0 Å². The number of benzene rings is 3. The van der Waals surface area contributed by atoms with Gasteiger partial charge in [-0.2, -0.15) is 0 Å². The van der Waals surface area contributed by atoms with E-state index in [0.29, 0.717) is 0 Å². The predicted molar refractivity (Wildman–Crippen MR) is 116 cm³/mol. The van der Waals surface area contributed by atoms with E-state index in [4.69, 9.17) is 0 Å². The van der Waals surface area contributed by atoms with Gasteiger partial charge in [0.25, 0.3) is 0 Å².